The van der Waals surface area contributed by atoms with Gasteiger partial charge in [0.05, 0.1) is 12.7 Å². The number of hydrogen-bond donors (Lipinski definition) is 1. The largest absolute Gasteiger partial charge is 0.465 e. The third-order valence-electron chi connectivity index (χ3n) is 2.68. The summed E-state index contributed by atoms with van der Waals surface area (Å²) < 4.78 is 17.8. The van der Waals surface area contributed by atoms with Crippen molar-refractivity contribution in [2.24, 2.45) is 5.73 Å². The molecule has 1 aromatic carbocycles. The lowest BCUT2D eigenvalue weighted by Crippen LogP contribution is -2.19. The number of benzene rings is 1. The van der Waals surface area contributed by atoms with E-state index in [0.29, 0.717) is 5.56 Å². The average Bonchev–Trinajstić information content (AvgIpc) is 2.96. The smallest absolute Gasteiger partial charge is 0.337 e. The first kappa shape index (κ1) is 10.1. The highest BCUT2D eigenvalue weighted by molar-refractivity contribution is 5.89. The zero-order chi connectivity index (χ0) is 11.1. The maximum absolute atomic E-state index is 13.2. The average molecular weight is 209 g/mol. The van der Waals surface area contributed by atoms with Crippen LogP contribution >= 0.6 is 0 Å². The summed E-state index contributed by atoms with van der Waals surface area (Å²) in [6.45, 7) is 0. The number of ether oxygens (including phenoxy) is 1. The Bertz CT molecular complexity index is 413. The van der Waals surface area contributed by atoms with Crippen LogP contribution in [0.1, 0.15) is 28.8 Å². The van der Waals surface area contributed by atoms with Crippen molar-refractivity contribution in [1.82, 2.24) is 0 Å². The van der Waals surface area contributed by atoms with Crippen LogP contribution < -0.4 is 5.73 Å². The summed E-state index contributed by atoms with van der Waals surface area (Å²) in [5.74, 6) is -0.996. The molecule has 0 saturated heterocycles. The predicted octanol–water partition coefficient (Wildman–Crippen LogP) is 1.56. The van der Waals surface area contributed by atoms with Crippen LogP contribution in [-0.4, -0.2) is 13.1 Å². The third kappa shape index (κ3) is 1.85. The number of methoxy groups -OCH3 is 1. The van der Waals surface area contributed by atoms with Crippen LogP contribution in [0.5, 0.6) is 0 Å². The molecule has 0 heterocycles. The molecule has 0 atom stereocenters. The number of esters is 1. The lowest BCUT2D eigenvalue weighted by atomic mass is 10.0. The van der Waals surface area contributed by atoms with Gasteiger partial charge in [-0.05, 0) is 36.6 Å². The van der Waals surface area contributed by atoms with Gasteiger partial charge in [0.25, 0.3) is 0 Å². The van der Waals surface area contributed by atoms with Gasteiger partial charge < -0.3 is 10.5 Å². The van der Waals surface area contributed by atoms with E-state index in [1.165, 1.54) is 13.2 Å². The summed E-state index contributed by atoms with van der Waals surface area (Å²) in [5, 5.41) is 0. The SMILES string of the molecule is COC(=O)c1cc(F)cc(C2(N)CC2)c1. The minimum absolute atomic E-state index is 0.212. The van der Waals surface area contributed by atoms with Gasteiger partial charge in [0, 0.05) is 5.54 Å². The first-order valence-electron chi connectivity index (χ1n) is 4.73. The molecule has 15 heavy (non-hydrogen) atoms. The zero-order valence-corrected chi connectivity index (χ0v) is 8.42. The second-order valence-corrected chi connectivity index (χ2v) is 3.88. The van der Waals surface area contributed by atoms with E-state index in [1.54, 1.807) is 6.07 Å². The molecular formula is C11H12FNO2. The molecule has 0 amide bonds. The molecular weight excluding hydrogens is 197 g/mol. The van der Waals surface area contributed by atoms with Crippen LogP contribution in [0.25, 0.3) is 0 Å². The van der Waals surface area contributed by atoms with Gasteiger partial charge in [0.15, 0.2) is 0 Å². The minimum Gasteiger partial charge on any atom is -0.465 e. The predicted molar refractivity (Wildman–Crippen MR) is 52.8 cm³/mol. The molecule has 1 fully saturated rings. The highest BCUT2D eigenvalue weighted by Gasteiger charge is 2.40. The normalized spacial score (nSPS) is 17.3. The number of hydrogen-bond acceptors (Lipinski definition) is 3. The van der Waals surface area contributed by atoms with E-state index in [2.05, 4.69) is 4.74 Å². The Hall–Kier alpha value is -1.42. The zero-order valence-electron chi connectivity index (χ0n) is 8.42. The van der Waals surface area contributed by atoms with E-state index in [0.717, 1.165) is 18.9 Å². The number of nitrogens with two attached hydrogens (primary N) is 1. The third-order valence-corrected chi connectivity index (χ3v) is 2.68. The Morgan fingerprint density at radius 1 is 1.47 bits per heavy atom. The van der Waals surface area contributed by atoms with Crippen LogP contribution in [0.15, 0.2) is 18.2 Å². The Morgan fingerprint density at radius 3 is 2.67 bits per heavy atom. The van der Waals surface area contributed by atoms with Gasteiger partial charge in [-0.15, -0.1) is 0 Å². The number of halogens is 1. The lowest BCUT2D eigenvalue weighted by molar-refractivity contribution is 0.0600. The molecule has 2 N–H and O–H groups in total. The summed E-state index contributed by atoms with van der Waals surface area (Å²) in [4.78, 5) is 11.2. The summed E-state index contributed by atoms with van der Waals surface area (Å²) in [7, 11) is 1.27. The molecule has 0 radical (unpaired) electrons. The fraction of sp³-hybridized carbons (Fsp3) is 0.364. The first-order chi connectivity index (χ1) is 7.05. The maximum atomic E-state index is 13.2. The second kappa shape index (κ2) is 3.31. The Labute approximate surface area is 87.0 Å². The highest BCUT2D eigenvalue weighted by Crippen LogP contribution is 2.43. The topological polar surface area (TPSA) is 52.3 Å². The van der Waals surface area contributed by atoms with Crippen molar-refractivity contribution in [3.63, 3.8) is 0 Å². The van der Waals surface area contributed by atoms with Gasteiger partial charge in [-0.25, -0.2) is 9.18 Å². The molecule has 0 unspecified atom stereocenters. The quantitative estimate of drug-likeness (QED) is 0.752. The monoisotopic (exact) mass is 209 g/mol. The molecule has 1 saturated carbocycles. The van der Waals surface area contributed by atoms with Gasteiger partial charge in [-0.3, -0.25) is 0 Å². The molecule has 3 nitrogen and oxygen atoms in total. The molecule has 1 aliphatic rings. The second-order valence-electron chi connectivity index (χ2n) is 3.88. The molecule has 0 spiro atoms. The van der Waals surface area contributed by atoms with Crippen molar-refractivity contribution < 1.29 is 13.9 Å². The molecule has 1 aromatic rings. The summed E-state index contributed by atoms with van der Waals surface area (Å²) in [6, 6.07) is 4.13. The van der Waals surface area contributed by atoms with Crippen molar-refractivity contribution in [1.29, 1.82) is 0 Å². The van der Waals surface area contributed by atoms with E-state index in [-0.39, 0.29) is 5.56 Å². The molecule has 0 bridgehead atoms. The van der Waals surface area contributed by atoms with E-state index in [9.17, 15) is 9.18 Å². The van der Waals surface area contributed by atoms with Crippen LogP contribution in [0, 0.1) is 5.82 Å². The summed E-state index contributed by atoms with van der Waals surface area (Å²) in [6.07, 6.45) is 1.66. The number of rotatable bonds is 2. The molecule has 4 heteroatoms. The molecule has 80 valence electrons. The van der Waals surface area contributed by atoms with Gasteiger partial charge in [0.1, 0.15) is 5.82 Å². The maximum Gasteiger partial charge on any atom is 0.337 e. The van der Waals surface area contributed by atoms with Gasteiger partial charge >= 0.3 is 5.97 Å². The Balaban J connectivity index is 2.41. The van der Waals surface area contributed by atoms with Crippen molar-refractivity contribution in [3.8, 4) is 0 Å². The standard InChI is InChI=1S/C11H12FNO2/c1-15-10(14)7-4-8(6-9(12)5-7)11(13)2-3-11/h4-6H,2-3,13H2,1H3. The summed E-state index contributed by atoms with van der Waals surface area (Å²) >= 11 is 0. The van der Waals surface area contributed by atoms with E-state index < -0.39 is 17.3 Å². The number of carbonyl (C=O) groups excluding carboxylic acids is 1. The molecule has 1 aliphatic carbocycles. The van der Waals surface area contributed by atoms with E-state index in [4.69, 9.17) is 5.73 Å². The Morgan fingerprint density at radius 2 is 2.13 bits per heavy atom. The van der Waals surface area contributed by atoms with Crippen molar-refractivity contribution >= 4 is 5.97 Å². The van der Waals surface area contributed by atoms with Crippen molar-refractivity contribution in [2.75, 3.05) is 7.11 Å². The van der Waals surface area contributed by atoms with Gasteiger partial charge in [-0.2, -0.15) is 0 Å². The van der Waals surface area contributed by atoms with Crippen molar-refractivity contribution in [3.05, 3.63) is 35.1 Å². The summed E-state index contributed by atoms with van der Waals surface area (Å²) in [5.41, 5.74) is 6.37. The Kier molecular flexibility index (Phi) is 2.23. The van der Waals surface area contributed by atoms with Gasteiger partial charge in [0.2, 0.25) is 0 Å². The number of carbonyl (C=O) groups is 1. The fourth-order valence-corrected chi connectivity index (χ4v) is 1.54. The minimum atomic E-state index is -0.542. The van der Waals surface area contributed by atoms with Crippen molar-refractivity contribution in [2.45, 2.75) is 18.4 Å². The van der Waals surface area contributed by atoms with Crippen LogP contribution in [0.3, 0.4) is 0 Å². The highest BCUT2D eigenvalue weighted by atomic mass is 19.1. The lowest BCUT2D eigenvalue weighted by Gasteiger charge is -2.10. The first-order valence-corrected chi connectivity index (χ1v) is 4.73. The van der Waals surface area contributed by atoms with E-state index >= 15 is 0 Å². The van der Waals surface area contributed by atoms with Crippen LogP contribution in [0.4, 0.5) is 4.39 Å². The van der Waals surface area contributed by atoms with Crippen LogP contribution in [-0.2, 0) is 10.3 Å². The fourth-order valence-electron chi connectivity index (χ4n) is 1.54. The molecule has 2 rings (SSSR count). The molecule has 0 aromatic heterocycles. The van der Waals surface area contributed by atoms with Gasteiger partial charge in [-0.1, -0.05) is 0 Å². The van der Waals surface area contributed by atoms with E-state index in [1.807, 2.05) is 0 Å². The molecule has 0 aliphatic heterocycles. The van der Waals surface area contributed by atoms with Crippen LogP contribution in [0.2, 0.25) is 0 Å².